The maximum Gasteiger partial charge on any atom is 0.255 e. The standard InChI is InChI=1S/C22H29N5O3/c28-20-5-4-19(21(29)24-20)27-14-18-15(2-1-3-17(18)22(27)30)13-25-8-10-26(11-9-25)16-6-7-23-12-16/h1-3,16,19,23H,4-14H2,(H,24,28,29)/t16-,19?/m0/s1. The molecular weight excluding hydrogens is 382 g/mol. The zero-order valence-electron chi connectivity index (χ0n) is 17.2. The number of piperidine rings is 1. The second-order valence-corrected chi connectivity index (χ2v) is 8.80. The lowest BCUT2D eigenvalue weighted by Gasteiger charge is -2.38. The van der Waals surface area contributed by atoms with Crippen molar-refractivity contribution < 1.29 is 14.4 Å². The van der Waals surface area contributed by atoms with Crippen molar-refractivity contribution in [1.82, 2.24) is 25.3 Å². The van der Waals surface area contributed by atoms with Gasteiger partial charge in [-0.3, -0.25) is 29.5 Å². The molecule has 0 bridgehead atoms. The average Bonchev–Trinajstić information content (AvgIpc) is 3.39. The number of benzene rings is 1. The first-order valence-corrected chi connectivity index (χ1v) is 11.0. The molecule has 8 nitrogen and oxygen atoms in total. The SMILES string of the molecule is O=C1CCC(N2Cc3c(CN4CCN([C@H]5CCNC5)CC4)cccc3C2=O)C(=O)N1. The van der Waals surface area contributed by atoms with E-state index in [2.05, 4.69) is 26.5 Å². The Kier molecular flexibility index (Phi) is 5.30. The van der Waals surface area contributed by atoms with Crippen LogP contribution >= 0.6 is 0 Å². The van der Waals surface area contributed by atoms with Crippen LogP contribution in [-0.4, -0.2) is 83.8 Å². The predicted octanol–water partition coefficient (Wildman–Crippen LogP) is -0.0729. The lowest BCUT2D eigenvalue weighted by atomic mass is 10.0. The summed E-state index contributed by atoms with van der Waals surface area (Å²) in [6.07, 6.45) is 1.92. The molecule has 4 heterocycles. The zero-order chi connectivity index (χ0) is 20.7. The molecule has 2 N–H and O–H groups in total. The van der Waals surface area contributed by atoms with E-state index in [0.717, 1.165) is 51.4 Å². The van der Waals surface area contributed by atoms with Crippen LogP contribution in [0.15, 0.2) is 18.2 Å². The molecule has 3 saturated heterocycles. The molecule has 5 rings (SSSR count). The number of fused-ring (bicyclic) bond motifs is 1. The summed E-state index contributed by atoms with van der Waals surface area (Å²) in [4.78, 5) is 43.5. The van der Waals surface area contributed by atoms with Gasteiger partial charge >= 0.3 is 0 Å². The van der Waals surface area contributed by atoms with Crippen LogP contribution in [0, 0.1) is 0 Å². The van der Waals surface area contributed by atoms with Crippen molar-refractivity contribution in [3.05, 3.63) is 34.9 Å². The minimum Gasteiger partial charge on any atom is -0.322 e. The molecule has 0 saturated carbocycles. The summed E-state index contributed by atoms with van der Waals surface area (Å²) in [5.74, 6) is -0.708. The average molecular weight is 412 g/mol. The minimum atomic E-state index is -0.556. The Morgan fingerprint density at radius 1 is 1.03 bits per heavy atom. The van der Waals surface area contributed by atoms with Crippen LogP contribution in [0.1, 0.15) is 40.7 Å². The van der Waals surface area contributed by atoms with Gasteiger partial charge in [-0.25, -0.2) is 0 Å². The summed E-state index contributed by atoms with van der Waals surface area (Å²) in [6.45, 7) is 7.74. The van der Waals surface area contributed by atoms with Crippen LogP contribution in [0.25, 0.3) is 0 Å². The lowest BCUT2D eigenvalue weighted by Crippen LogP contribution is -2.52. The van der Waals surface area contributed by atoms with Gasteiger partial charge in [-0.1, -0.05) is 12.1 Å². The number of carbonyl (C=O) groups excluding carboxylic acids is 3. The van der Waals surface area contributed by atoms with Gasteiger partial charge in [0.05, 0.1) is 0 Å². The number of nitrogens with zero attached hydrogens (tertiary/aromatic N) is 3. The van der Waals surface area contributed by atoms with E-state index in [1.165, 1.54) is 12.0 Å². The fourth-order valence-corrected chi connectivity index (χ4v) is 5.28. The van der Waals surface area contributed by atoms with E-state index in [4.69, 9.17) is 0 Å². The number of hydrogen-bond acceptors (Lipinski definition) is 6. The second-order valence-electron chi connectivity index (χ2n) is 8.80. The third-order valence-electron chi connectivity index (χ3n) is 7.03. The molecular formula is C22H29N5O3. The topological polar surface area (TPSA) is 85.0 Å². The van der Waals surface area contributed by atoms with Crippen LogP contribution in [0.5, 0.6) is 0 Å². The molecule has 0 aliphatic carbocycles. The van der Waals surface area contributed by atoms with E-state index >= 15 is 0 Å². The molecule has 1 unspecified atom stereocenters. The normalized spacial score (nSPS) is 28.1. The Hall–Kier alpha value is -2.29. The summed E-state index contributed by atoms with van der Waals surface area (Å²) < 4.78 is 0. The van der Waals surface area contributed by atoms with Gasteiger partial charge < -0.3 is 10.2 Å². The monoisotopic (exact) mass is 411 g/mol. The number of piperazine rings is 1. The molecule has 0 aromatic heterocycles. The first kappa shape index (κ1) is 19.7. The lowest BCUT2D eigenvalue weighted by molar-refractivity contribution is -0.136. The van der Waals surface area contributed by atoms with Gasteiger partial charge in [-0.05, 0) is 36.6 Å². The number of nitrogens with one attached hydrogen (secondary N) is 2. The van der Waals surface area contributed by atoms with E-state index in [0.29, 0.717) is 24.6 Å². The maximum atomic E-state index is 13.0. The van der Waals surface area contributed by atoms with Gasteiger partial charge in [0.1, 0.15) is 6.04 Å². The van der Waals surface area contributed by atoms with Gasteiger partial charge in [-0.15, -0.1) is 0 Å². The first-order chi connectivity index (χ1) is 14.6. The van der Waals surface area contributed by atoms with E-state index in [1.54, 1.807) is 4.90 Å². The smallest absolute Gasteiger partial charge is 0.255 e. The van der Waals surface area contributed by atoms with Crippen LogP contribution in [0.3, 0.4) is 0 Å². The van der Waals surface area contributed by atoms with E-state index in [-0.39, 0.29) is 24.1 Å². The third kappa shape index (κ3) is 3.64. The van der Waals surface area contributed by atoms with Gasteiger partial charge in [0.2, 0.25) is 11.8 Å². The predicted molar refractivity (Wildman–Crippen MR) is 111 cm³/mol. The van der Waals surface area contributed by atoms with Gasteiger partial charge in [-0.2, -0.15) is 0 Å². The number of imide groups is 1. The summed E-state index contributed by atoms with van der Waals surface area (Å²) in [7, 11) is 0. The van der Waals surface area contributed by atoms with Gasteiger partial charge in [0.25, 0.3) is 5.91 Å². The number of amides is 3. The summed E-state index contributed by atoms with van der Waals surface area (Å²) in [5, 5.41) is 5.82. The molecule has 0 spiro atoms. The summed E-state index contributed by atoms with van der Waals surface area (Å²) >= 11 is 0. The Morgan fingerprint density at radius 2 is 1.87 bits per heavy atom. The Labute approximate surface area is 176 Å². The van der Waals surface area contributed by atoms with Crippen molar-refractivity contribution in [1.29, 1.82) is 0 Å². The highest BCUT2D eigenvalue weighted by atomic mass is 16.2. The van der Waals surface area contributed by atoms with Crippen molar-refractivity contribution >= 4 is 17.7 Å². The molecule has 8 heteroatoms. The summed E-state index contributed by atoms with van der Waals surface area (Å²) in [6, 6.07) is 6.03. The van der Waals surface area contributed by atoms with Crippen LogP contribution in [-0.2, 0) is 22.7 Å². The van der Waals surface area contributed by atoms with Crippen LogP contribution in [0.2, 0.25) is 0 Å². The highest BCUT2D eigenvalue weighted by Crippen LogP contribution is 2.30. The third-order valence-corrected chi connectivity index (χ3v) is 7.03. The number of hydrogen-bond donors (Lipinski definition) is 2. The number of carbonyl (C=O) groups is 3. The second kappa shape index (κ2) is 8.09. The molecule has 3 amide bonds. The molecule has 4 aliphatic heterocycles. The van der Waals surface area contributed by atoms with Crippen molar-refractivity contribution in [2.24, 2.45) is 0 Å². The maximum absolute atomic E-state index is 13.0. The fourth-order valence-electron chi connectivity index (χ4n) is 5.28. The first-order valence-electron chi connectivity index (χ1n) is 11.0. The molecule has 4 aliphatic rings. The van der Waals surface area contributed by atoms with Crippen molar-refractivity contribution in [2.75, 3.05) is 39.3 Å². The van der Waals surface area contributed by atoms with E-state index in [9.17, 15) is 14.4 Å². The molecule has 3 fully saturated rings. The van der Waals surface area contributed by atoms with Gasteiger partial charge in [0.15, 0.2) is 0 Å². The molecule has 2 atom stereocenters. The fraction of sp³-hybridized carbons (Fsp3) is 0.591. The summed E-state index contributed by atoms with van der Waals surface area (Å²) in [5.41, 5.74) is 2.91. The zero-order valence-corrected chi connectivity index (χ0v) is 17.2. The van der Waals surface area contributed by atoms with Gasteiger partial charge in [0, 0.05) is 63.8 Å². The largest absolute Gasteiger partial charge is 0.322 e. The van der Waals surface area contributed by atoms with Crippen molar-refractivity contribution in [3.63, 3.8) is 0 Å². The highest BCUT2D eigenvalue weighted by Gasteiger charge is 2.40. The Balaban J connectivity index is 1.26. The minimum absolute atomic E-state index is 0.0973. The molecule has 0 radical (unpaired) electrons. The Morgan fingerprint density at radius 3 is 2.60 bits per heavy atom. The molecule has 1 aromatic carbocycles. The van der Waals surface area contributed by atoms with Crippen molar-refractivity contribution in [3.8, 4) is 0 Å². The van der Waals surface area contributed by atoms with Crippen LogP contribution < -0.4 is 10.6 Å². The van der Waals surface area contributed by atoms with E-state index in [1.807, 2.05) is 12.1 Å². The van der Waals surface area contributed by atoms with E-state index < -0.39 is 6.04 Å². The highest BCUT2D eigenvalue weighted by molar-refractivity contribution is 6.05. The van der Waals surface area contributed by atoms with Crippen molar-refractivity contribution in [2.45, 2.75) is 44.4 Å². The Bertz CT molecular complexity index is 858. The molecule has 160 valence electrons. The molecule has 1 aromatic rings. The van der Waals surface area contributed by atoms with Crippen LogP contribution in [0.4, 0.5) is 0 Å². The molecule has 30 heavy (non-hydrogen) atoms. The number of rotatable bonds is 4. The quantitative estimate of drug-likeness (QED) is 0.675.